The van der Waals surface area contributed by atoms with Crippen LogP contribution in [0.5, 0.6) is 0 Å². The van der Waals surface area contributed by atoms with Crippen molar-refractivity contribution in [1.82, 2.24) is 14.7 Å². The van der Waals surface area contributed by atoms with E-state index >= 15 is 0 Å². The number of carbonyl (C=O) groups is 1. The Morgan fingerprint density at radius 3 is 2.17 bits per heavy atom. The van der Waals surface area contributed by atoms with E-state index in [9.17, 15) is 4.79 Å². The number of rotatable bonds is 8. The van der Waals surface area contributed by atoms with Gasteiger partial charge in [-0.15, -0.1) is 0 Å². The summed E-state index contributed by atoms with van der Waals surface area (Å²) >= 11 is 6.32. The van der Waals surface area contributed by atoms with Crippen molar-refractivity contribution in [2.75, 3.05) is 88.4 Å². The van der Waals surface area contributed by atoms with Crippen LogP contribution >= 0.6 is 11.6 Å². The second-order valence-electron chi connectivity index (χ2n) is 13.8. The Morgan fingerprint density at radius 2 is 1.53 bits per heavy atom. The lowest BCUT2D eigenvalue weighted by molar-refractivity contribution is 0.0729. The van der Waals surface area contributed by atoms with Gasteiger partial charge in [-0.2, -0.15) is 0 Å². The Bertz CT molecular complexity index is 1300. The summed E-state index contributed by atoms with van der Waals surface area (Å²) < 4.78 is 5.11. The Labute approximate surface area is 289 Å². The average Bonchev–Trinajstić information content (AvgIpc) is 3.65. The highest BCUT2D eigenvalue weighted by Gasteiger charge is 2.30. The first kappa shape index (κ1) is 35.6. The lowest BCUT2D eigenvalue weighted by Gasteiger charge is -2.43. The minimum atomic E-state index is -0.152. The van der Waals surface area contributed by atoms with E-state index in [1.54, 1.807) is 0 Å². The van der Waals surface area contributed by atoms with Crippen LogP contribution in [-0.2, 0) is 4.74 Å². The van der Waals surface area contributed by atoms with Gasteiger partial charge in [0.1, 0.15) is 0 Å². The molecule has 7 nitrogen and oxygen atoms in total. The molecule has 0 bridgehead atoms. The van der Waals surface area contributed by atoms with Crippen LogP contribution < -0.4 is 9.80 Å². The van der Waals surface area contributed by atoms with Gasteiger partial charge in [-0.3, -0.25) is 9.80 Å². The zero-order valence-electron chi connectivity index (χ0n) is 29.4. The molecular formula is C39H58ClN5O2. The lowest BCUT2D eigenvalue weighted by Crippen LogP contribution is -2.54. The number of ether oxygens (including phenoxy) is 1. The second kappa shape index (κ2) is 17.6. The monoisotopic (exact) mass is 663 g/mol. The summed E-state index contributed by atoms with van der Waals surface area (Å²) in [6.45, 7) is 20.8. The molecule has 3 aliphatic heterocycles. The van der Waals surface area contributed by atoms with Gasteiger partial charge in [-0.1, -0.05) is 61.4 Å². The Morgan fingerprint density at radius 1 is 0.851 bits per heavy atom. The average molecular weight is 664 g/mol. The highest BCUT2D eigenvalue weighted by atomic mass is 35.5. The number of hydrogen-bond donors (Lipinski definition) is 0. The summed E-state index contributed by atoms with van der Waals surface area (Å²) in [5, 5.41) is 0.874. The number of halogens is 1. The number of amides is 1. The van der Waals surface area contributed by atoms with Gasteiger partial charge in [0, 0.05) is 83.7 Å². The van der Waals surface area contributed by atoms with E-state index in [-0.39, 0.29) is 6.09 Å². The maximum absolute atomic E-state index is 11.8. The van der Waals surface area contributed by atoms with Crippen LogP contribution in [0.25, 0.3) is 0 Å². The maximum atomic E-state index is 11.8. The number of benzene rings is 2. The van der Waals surface area contributed by atoms with Gasteiger partial charge in [0.25, 0.3) is 0 Å². The summed E-state index contributed by atoms with van der Waals surface area (Å²) in [4.78, 5) is 23.9. The number of hydrogen-bond acceptors (Lipinski definition) is 6. The maximum Gasteiger partial charge on any atom is 0.409 e. The Kier molecular flexibility index (Phi) is 13.3. The summed E-state index contributed by atoms with van der Waals surface area (Å²) in [6, 6.07) is 15.5. The number of allylic oxidation sites excluding steroid dienone is 2. The van der Waals surface area contributed by atoms with Gasteiger partial charge < -0.3 is 19.4 Å². The van der Waals surface area contributed by atoms with Gasteiger partial charge in [0.05, 0.1) is 17.3 Å². The molecule has 1 amide bonds. The summed E-state index contributed by atoms with van der Waals surface area (Å²) in [5.41, 5.74) is 5.27. The summed E-state index contributed by atoms with van der Waals surface area (Å²) in [6.07, 6.45) is 10.7. The molecule has 1 aliphatic carbocycles. The number of likely N-dealkylation sites (tertiary alicyclic amines) is 1. The topological polar surface area (TPSA) is 42.5 Å². The molecule has 2 aromatic carbocycles. The second-order valence-corrected chi connectivity index (χ2v) is 14.2. The number of para-hydroxylation sites is 1. The third-order valence-electron chi connectivity index (χ3n) is 10.8. The van der Waals surface area contributed by atoms with Gasteiger partial charge >= 0.3 is 6.09 Å². The molecular weight excluding hydrogens is 606 g/mol. The minimum absolute atomic E-state index is 0.152. The van der Waals surface area contributed by atoms with Crippen molar-refractivity contribution in [2.45, 2.75) is 65.8 Å². The van der Waals surface area contributed by atoms with E-state index < -0.39 is 0 Å². The van der Waals surface area contributed by atoms with Crippen LogP contribution in [0.2, 0.25) is 5.02 Å². The van der Waals surface area contributed by atoms with E-state index in [1.807, 2.05) is 24.0 Å². The number of nitrogens with zero attached hydrogens (tertiary/aromatic N) is 5. The molecule has 3 fully saturated rings. The van der Waals surface area contributed by atoms with Crippen molar-refractivity contribution < 1.29 is 9.53 Å². The standard InChI is InChI=1S/C20H31N3O2.C19H27ClN2/c1-4-25-20(24)23-9-7-18(8-10-23)21-11-13-22(14-12-21)19-15-16(2)5-6-17(19)3;1-2-16(17-7-3-4-8-17)15-21-11-13-22(14-12-21)19-10-6-5-9-18(19)20/h5-6,15,18H,4,7-14H2,1-3H3;3,5-7,9-10,16-17H,2,4,8,11-15H2,1H3. The first-order valence-corrected chi connectivity index (χ1v) is 18.6. The lowest BCUT2D eigenvalue weighted by atomic mass is 9.89. The molecule has 2 atom stereocenters. The van der Waals surface area contributed by atoms with Crippen molar-refractivity contribution in [1.29, 1.82) is 0 Å². The molecule has 0 spiro atoms. The fraction of sp³-hybridized carbons (Fsp3) is 0.615. The molecule has 2 aromatic rings. The van der Waals surface area contributed by atoms with E-state index in [0.717, 1.165) is 95.1 Å². The van der Waals surface area contributed by atoms with Crippen molar-refractivity contribution in [3.8, 4) is 0 Å². The SMILES string of the molecule is CCC(CN1CCN(c2ccccc2Cl)CC1)C1C=CCC1.CCOC(=O)N1CCC(N2CCN(c3cc(C)ccc3C)CC2)CC1. The number of anilines is 2. The fourth-order valence-corrected chi connectivity index (χ4v) is 8.10. The van der Waals surface area contributed by atoms with E-state index in [1.165, 1.54) is 48.3 Å². The molecule has 258 valence electrons. The van der Waals surface area contributed by atoms with Gasteiger partial charge in [0.15, 0.2) is 0 Å². The molecule has 0 N–H and O–H groups in total. The largest absolute Gasteiger partial charge is 0.450 e. The summed E-state index contributed by atoms with van der Waals surface area (Å²) in [5.74, 6) is 1.64. The zero-order chi connectivity index (χ0) is 33.2. The van der Waals surface area contributed by atoms with Crippen LogP contribution in [0.15, 0.2) is 54.6 Å². The normalized spacial score (nSPS) is 21.8. The predicted molar refractivity (Wildman–Crippen MR) is 197 cm³/mol. The number of carbonyl (C=O) groups excluding carboxylic acids is 1. The van der Waals surface area contributed by atoms with Crippen molar-refractivity contribution in [2.24, 2.45) is 11.8 Å². The zero-order valence-corrected chi connectivity index (χ0v) is 30.1. The Hall–Kier alpha value is -2.74. The predicted octanol–water partition coefficient (Wildman–Crippen LogP) is 7.50. The smallest absolute Gasteiger partial charge is 0.409 e. The van der Waals surface area contributed by atoms with Crippen molar-refractivity contribution in [3.05, 3.63) is 70.8 Å². The van der Waals surface area contributed by atoms with E-state index in [4.69, 9.17) is 16.3 Å². The molecule has 3 saturated heterocycles. The third-order valence-corrected chi connectivity index (χ3v) is 11.1. The minimum Gasteiger partial charge on any atom is -0.450 e. The third kappa shape index (κ3) is 9.67. The quantitative estimate of drug-likeness (QED) is 0.273. The molecule has 6 rings (SSSR count). The molecule has 0 radical (unpaired) electrons. The van der Waals surface area contributed by atoms with E-state index in [2.05, 4.69) is 82.9 Å². The first-order chi connectivity index (χ1) is 22.9. The molecule has 0 saturated carbocycles. The number of piperidine rings is 1. The molecule has 47 heavy (non-hydrogen) atoms. The molecule has 4 aliphatic rings. The van der Waals surface area contributed by atoms with Crippen LogP contribution in [0.3, 0.4) is 0 Å². The van der Waals surface area contributed by atoms with Crippen LogP contribution in [0, 0.1) is 25.7 Å². The van der Waals surface area contributed by atoms with Crippen LogP contribution in [-0.4, -0.2) is 105 Å². The van der Waals surface area contributed by atoms with Crippen molar-refractivity contribution >= 4 is 29.1 Å². The van der Waals surface area contributed by atoms with Crippen LogP contribution in [0.1, 0.15) is 57.1 Å². The number of piperazine rings is 2. The summed E-state index contributed by atoms with van der Waals surface area (Å²) in [7, 11) is 0. The van der Waals surface area contributed by atoms with Crippen molar-refractivity contribution in [3.63, 3.8) is 0 Å². The van der Waals surface area contributed by atoms with Gasteiger partial charge in [-0.05, 0) is 87.6 Å². The highest BCUT2D eigenvalue weighted by molar-refractivity contribution is 6.33. The first-order valence-electron chi connectivity index (χ1n) is 18.2. The van der Waals surface area contributed by atoms with Gasteiger partial charge in [0.2, 0.25) is 0 Å². The Balaban J connectivity index is 0.000000186. The highest BCUT2D eigenvalue weighted by Crippen LogP contribution is 2.30. The molecule has 8 heteroatoms. The van der Waals surface area contributed by atoms with E-state index in [0.29, 0.717) is 12.6 Å². The number of aryl methyl sites for hydroxylation is 2. The fourth-order valence-electron chi connectivity index (χ4n) is 7.84. The molecule has 0 aromatic heterocycles. The molecule has 2 unspecified atom stereocenters. The van der Waals surface area contributed by atoms with Gasteiger partial charge in [-0.25, -0.2) is 4.79 Å². The molecule has 3 heterocycles. The van der Waals surface area contributed by atoms with Crippen LogP contribution in [0.4, 0.5) is 16.2 Å².